The van der Waals surface area contributed by atoms with Gasteiger partial charge in [-0.15, -0.1) is 0 Å². The lowest BCUT2D eigenvalue weighted by molar-refractivity contribution is -0.139. The Bertz CT molecular complexity index is 490. The summed E-state index contributed by atoms with van der Waals surface area (Å²) in [5.74, 6) is -0.283. The van der Waals surface area contributed by atoms with E-state index < -0.39 is 0 Å². The molecule has 18 heavy (non-hydrogen) atoms. The maximum atomic E-state index is 11.9. The second-order valence-electron chi connectivity index (χ2n) is 4.77. The summed E-state index contributed by atoms with van der Waals surface area (Å²) in [6, 6.07) is 5.64. The lowest BCUT2D eigenvalue weighted by atomic mass is 10.1. The number of hydrogen-bond donors (Lipinski definition) is 0. The predicted molar refractivity (Wildman–Crippen MR) is 67.4 cm³/mol. The Hall–Kier alpha value is -1.84. The van der Waals surface area contributed by atoms with Crippen LogP contribution in [0, 0.1) is 13.8 Å². The largest absolute Gasteiger partial charge is 0.455 e. The van der Waals surface area contributed by atoms with Gasteiger partial charge in [0.2, 0.25) is 5.91 Å². The van der Waals surface area contributed by atoms with Crippen LogP contribution in [0.3, 0.4) is 0 Å². The monoisotopic (exact) mass is 247 g/mol. The molecular formula is C14H17NO3. The predicted octanol–water partition coefficient (Wildman–Crippen LogP) is 1.69. The minimum Gasteiger partial charge on any atom is -0.455 e. The van der Waals surface area contributed by atoms with Crippen LogP contribution in [0.25, 0.3) is 0 Å². The van der Waals surface area contributed by atoms with E-state index in [4.69, 9.17) is 4.74 Å². The van der Waals surface area contributed by atoms with Crippen molar-refractivity contribution in [3.63, 3.8) is 0 Å². The number of hydrogen-bond acceptors (Lipinski definition) is 3. The zero-order valence-electron chi connectivity index (χ0n) is 10.9. The third-order valence-electron chi connectivity index (χ3n) is 3.17. The van der Waals surface area contributed by atoms with Gasteiger partial charge >= 0.3 is 5.97 Å². The quantitative estimate of drug-likeness (QED) is 0.747. The van der Waals surface area contributed by atoms with Gasteiger partial charge in [0.15, 0.2) is 0 Å². The SMILES string of the molecule is CC(=O)N1CC(OC(=O)c2ccc(C)cc2C)C1. The molecule has 2 rings (SSSR count). The van der Waals surface area contributed by atoms with Crippen LogP contribution in [0.4, 0.5) is 0 Å². The van der Waals surface area contributed by atoms with Gasteiger partial charge in [0.25, 0.3) is 0 Å². The minimum atomic E-state index is -0.305. The molecule has 0 unspecified atom stereocenters. The molecule has 1 amide bonds. The lowest BCUT2D eigenvalue weighted by Crippen LogP contribution is -2.54. The third kappa shape index (κ3) is 2.53. The van der Waals surface area contributed by atoms with Gasteiger partial charge in [-0.2, -0.15) is 0 Å². The van der Waals surface area contributed by atoms with E-state index in [1.165, 1.54) is 6.92 Å². The van der Waals surface area contributed by atoms with Crippen molar-refractivity contribution >= 4 is 11.9 Å². The molecule has 0 radical (unpaired) electrons. The number of benzene rings is 1. The van der Waals surface area contributed by atoms with Gasteiger partial charge < -0.3 is 9.64 Å². The molecule has 0 saturated carbocycles. The summed E-state index contributed by atoms with van der Waals surface area (Å²) in [5.41, 5.74) is 2.64. The number of carbonyl (C=O) groups excluding carboxylic acids is 2. The first-order chi connectivity index (χ1) is 8.47. The van der Waals surface area contributed by atoms with E-state index >= 15 is 0 Å². The topological polar surface area (TPSA) is 46.6 Å². The van der Waals surface area contributed by atoms with Crippen molar-refractivity contribution < 1.29 is 14.3 Å². The Morgan fingerprint density at radius 1 is 1.28 bits per heavy atom. The molecule has 4 heteroatoms. The molecule has 0 aliphatic carbocycles. The van der Waals surface area contributed by atoms with Crippen molar-refractivity contribution in [3.8, 4) is 0 Å². The van der Waals surface area contributed by atoms with Crippen molar-refractivity contribution in [2.75, 3.05) is 13.1 Å². The molecule has 96 valence electrons. The van der Waals surface area contributed by atoms with E-state index in [0.717, 1.165) is 11.1 Å². The van der Waals surface area contributed by atoms with Crippen LogP contribution in [0.2, 0.25) is 0 Å². The van der Waals surface area contributed by atoms with E-state index in [2.05, 4.69) is 0 Å². The van der Waals surface area contributed by atoms with Gasteiger partial charge in [0.05, 0.1) is 18.7 Å². The van der Waals surface area contributed by atoms with Crippen molar-refractivity contribution in [1.29, 1.82) is 0 Å². The lowest BCUT2D eigenvalue weighted by Gasteiger charge is -2.37. The van der Waals surface area contributed by atoms with Crippen molar-refractivity contribution in [3.05, 3.63) is 34.9 Å². The van der Waals surface area contributed by atoms with E-state index in [9.17, 15) is 9.59 Å². The van der Waals surface area contributed by atoms with Gasteiger partial charge in [-0.25, -0.2) is 4.79 Å². The van der Waals surface area contributed by atoms with E-state index in [-0.39, 0.29) is 18.0 Å². The number of ether oxygens (including phenoxy) is 1. The molecule has 1 saturated heterocycles. The first-order valence-electron chi connectivity index (χ1n) is 6.01. The zero-order chi connectivity index (χ0) is 13.3. The van der Waals surface area contributed by atoms with Crippen LogP contribution in [-0.4, -0.2) is 36.0 Å². The van der Waals surface area contributed by atoms with Crippen molar-refractivity contribution in [2.45, 2.75) is 26.9 Å². The second kappa shape index (κ2) is 4.80. The molecular weight excluding hydrogens is 230 g/mol. The summed E-state index contributed by atoms with van der Waals surface area (Å²) >= 11 is 0. The molecule has 0 N–H and O–H groups in total. The molecule has 1 heterocycles. The first-order valence-corrected chi connectivity index (χ1v) is 6.01. The van der Waals surface area contributed by atoms with E-state index in [1.54, 1.807) is 11.0 Å². The van der Waals surface area contributed by atoms with Gasteiger partial charge in [-0.05, 0) is 25.5 Å². The number of rotatable bonds is 2. The van der Waals surface area contributed by atoms with Gasteiger partial charge in [0.1, 0.15) is 6.10 Å². The summed E-state index contributed by atoms with van der Waals surface area (Å²) in [4.78, 5) is 24.6. The first kappa shape index (κ1) is 12.6. The number of carbonyl (C=O) groups is 2. The summed E-state index contributed by atoms with van der Waals surface area (Å²) in [5, 5.41) is 0. The zero-order valence-corrected chi connectivity index (χ0v) is 10.9. The van der Waals surface area contributed by atoms with Crippen LogP contribution >= 0.6 is 0 Å². The Morgan fingerprint density at radius 2 is 1.94 bits per heavy atom. The fourth-order valence-electron chi connectivity index (χ4n) is 2.03. The maximum Gasteiger partial charge on any atom is 0.338 e. The summed E-state index contributed by atoms with van der Waals surface area (Å²) in [6.07, 6.45) is -0.165. The maximum absolute atomic E-state index is 11.9. The molecule has 1 fully saturated rings. The molecule has 1 aromatic carbocycles. The average molecular weight is 247 g/mol. The molecule has 4 nitrogen and oxygen atoms in total. The fourth-order valence-corrected chi connectivity index (χ4v) is 2.03. The molecule has 0 spiro atoms. The summed E-state index contributed by atoms with van der Waals surface area (Å²) < 4.78 is 5.34. The number of nitrogens with zero attached hydrogens (tertiary/aromatic N) is 1. The number of likely N-dealkylation sites (tertiary alicyclic amines) is 1. The van der Waals surface area contributed by atoms with E-state index in [0.29, 0.717) is 18.7 Å². The Balaban J connectivity index is 1.95. The Kier molecular flexibility index (Phi) is 3.36. The summed E-state index contributed by atoms with van der Waals surface area (Å²) in [7, 11) is 0. The van der Waals surface area contributed by atoms with Crippen LogP contribution < -0.4 is 0 Å². The third-order valence-corrected chi connectivity index (χ3v) is 3.17. The number of esters is 1. The number of amides is 1. The minimum absolute atomic E-state index is 0.0221. The average Bonchev–Trinajstić information content (AvgIpc) is 2.21. The molecule has 0 bridgehead atoms. The highest BCUT2D eigenvalue weighted by Crippen LogP contribution is 2.17. The van der Waals surface area contributed by atoms with Gasteiger partial charge in [0, 0.05) is 6.92 Å². The highest BCUT2D eigenvalue weighted by molar-refractivity contribution is 5.91. The number of aryl methyl sites for hydroxylation is 2. The Labute approximate surface area is 107 Å². The standard InChI is InChI=1S/C14H17NO3/c1-9-4-5-13(10(2)6-9)14(17)18-12-7-15(8-12)11(3)16/h4-6,12H,7-8H2,1-3H3. The smallest absolute Gasteiger partial charge is 0.338 e. The normalized spacial score (nSPS) is 15.2. The van der Waals surface area contributed by atoms with Crippen LogP contribution in [0.5, 0.6) is 0 Å². The summed E-state index contributed by atoms with van der Waals surface area (Å²) in [6.45, 7) is 6.41. The van der Waals surface area contributed by atoms with Gasteiger partial charge in [-0.1, -0.05) is 17.7 Å². The molecule has 1 aliphatic rings. The van der Waals surface area contributed by atoms with Crippen molar-refractivity contribution in [1.82, 2.24) is 4.90 Å². The van der Waals surface area contributed by atoms with E-state index in [1.807, 2.05) is 26.0 Å². The van der Waals surface area contributed by atoms with Crippen LogP contribution in [0.1, 0.15) is 28.4 Å². The Morgan fingerprint density at radius 3 is 2.50 bits per heavy atom. The molecule has 1 aromatic rings. The molecule has 0 aromatic heterocycles. The highest BCUT2D eigenvalue weighted by atomic mass is 16.5. The second-order valence-corrected chi connectivity index (χ2v) is 4.77. The van der Waals surface area contributed by atoms with Gasteiger partial charge in [-0.3, -0.25) is 4.79 Å². The highest BCUT2D eigenvalue weighted by Gasteiger charge is 2.32. The van der Waals surface area contributed by atoms with Crippen LogP contribution in [0.15, 0.2) is 18.2 Å². The molecule has 0 atom stereocenters. The van der Waals surface area contributed by atoms with Crippen molar-refractivity contribution in [2.24, 2.45) is 0 Å². The fraction of sp³-hybridized carbons (Fsp3) is 0.429. The molecule has 1 aliphatic heterocycles. The van der Waals surface area contributed by atoms with Crippen LogP contribution in [-0.2, 0) is 9.53 Å².